The number of rotatable bonds is 6. The maximum Gasteiger partial charge on any atom is 0.333 e. The van der Waals surface area contributed by atoms with E-state index < -0.39 is 23.8 Å². The summed E-state index contributed by atoms with van der Waals surface area (Å²) in [5.74, 6) is -1.03. The molecule has 0 heterocycles. The second-order valence-corrected chi connectivity index (χ2v) is 3.58. The predicted octanol–water partition coefficient (Wildman–Crippen LogP) is 0.731. The lowest BCUT2D eigenvalue weighted by atomic mass is 9.85. The van der Waals surface area contributed by atoms with Gasteiger partial charge in [-0.15, -0.1) is 0 Å². The lowest BCUT2D eigenvalue weighted by Gasteiger charge is -2.35. The van der Waals surface area contributed by atoms with E-state index in [0.717, 1.165) is 0 Å². The summed E-state index contributed by atoms with van der Waals surface area (Å²) in [5, 5.41) is 8.91. The van der Waals surface area contributed by atoms with E-state index in [1.54, 1.807) is 13.8 Å². The number of methoxy groups -OCH3 is 3. The quantitative estimate of drug-likeness (QED) is 0.649. The molecule has 1 unspecified atom stereocenters. The Labute approximate surface area is 84.0 Å². The van der Waals surface area contributed by atoms with E-state index in [4.69, 9.17) is 19.3 Å². The van der Waals surface area contributed by atoms with Crippen LogP contribution in [0.15, 0.2) is 0 Å². The van der Waals surface area contributed by atoms with Crippen molar-refractivity contribution in [2.75, 3.05) is 21.3 Å². The zero-order chi connectivity index (χ0) is 11.4. The van der Waals surface area contributed by atoms with Gasteiger partial charge >= 0.3 is 5.97 Å². The first-order valence-electron chi connectivity index (χ1n) is 4.23. The molecule has 0 bridgehead atoms. The highest BCUT2D eigenvalue weighted by Crippen LogP contribution is 2.30. The van der Waals surface area contributed by atoms with Crippen molar-refractivity contribution in [1.29, 1.82) is 0 Å². The fraction of sp³-hybridized carbons (Fsp3) is 0.889. The lowest BCUT2D eigenvalue weighted by Crippen LogP contribution is -2.47. The van der Waals surface area contributed by atoms with Crippen molar-refractivity contribution in [2.45, 2.75) is 26.2 Å². The van der Waals surface area contributed by atoms with Crippen LogP contribution >= 0.6 is 0 Å². The van der Waals surface area contributed by atoms with Gasteiger partial charge in [-0.3, -0.25) is 0 Å². The van der Waals surface area contributed by atoms with Crippen LogP contribution < -0.4 is 0 Å². The Morgan fingerprint density at radius 3 is 1.79 bits per heavy atom. The van der Waals surface area contributed by atoms with E-state index >= 15 is 0 Å². The minimum absolute atomic E-state index is 0.622. The molecule has 0 fully saturated rings. The molecule has 0 aliphatic heterocycles. The van der Waals surface area contributed by atoms with Crippen molar-refractivity contribution in [3.8, 4) is 0 Å². The van der Waals surface area contributed by atoms with Gasteiger partial charge in [-0.2, -0.15) is 0 Å². The summed E-state index contributed by atoms with van der Waals surface area (Å²) in [6.07, 6.45) is -1.59. The number of carboxylic acid groups (broad SMARTS) is 1. The Morgan fingerprint density at radius 2 is 1.57 bits per heavy atom. The third-order valence-corrected chi connectivity index (χ3v) is 2.17. The molecular weight excluding hydrogens is 188 g/mol. The molecule has 1 atom stereocenters. The maximum atomic E-state index is 10.9. The molecule has 0 aliphatic rings. The molecule has 0 aromatic rings. The fourth-order valence-corrected chi connectivity index (χ4v) is 1.55. The van der Waals surface area contributed by atoms with Crippen molar-refractivity contribution in [2.24, 2.45) is 5.41 Å². The molecule has 0 aliphatic carbocycles. The SMILES string of the molecule is COC(OC)C(C)(C)C(OC)C(=O)O. The van der Waals surface area contributed by atoms with E-state index in [1.807, 2.05) is 0 Å². The van der Waals surface area contributed by atoms with E-state index in [2.05, 4.69) is 0 Å². The van der Waals surface area contributed by atoms with Crippen LogP contribution in [-0.4, -0.2) is 44.8 Å². The number of aliphatic carboxylic acids is 1. The molecule has 5 heteroatoms. The zero-order valence-electron chi connectivity index (χ0n) is 9.23. The largest absolute Gasteiger partial charge is 0.479 e. The molecule has 0 spiro atoms. The first-order valence-corrected chi connectivity index (χ1v) is 4.23. The molecule has 0 saturated carbocycles. The molecule has 84 valence electrons. The summed E-state index contributed by atoms with van der Waals surface area (Å²) in [7, 11) is 4.28. The van der Waals surface area contributed by atoms with Crippen LogP contribution in [0.25, 0.3) is 0 Å². The first kappa shape index (κ1) is 13.4. The number of carboxylic acids is 1. The standard InChI is InChI=1S/C9H18O5/c1-9(2,8(13-4)14-5)6(12-3)7(10)11/h6,8H,1-5H3,(H,10,11). The number of carbonyl (C=O) groups is 1. The van der Waals surface area contributed by atoms with Crippen LogP contribution in [0, 0.1) is 5.41 Å². The molecule has 5 nitrogen and oxygen atoms in total. The van der Waals surface area contributed by atoms with Crippen LogP contribution in [0.2, 0.25) is 0 Å². The Morgan fingerprint density at radius 1 is 1.14 bits per heavy atom. The van der Waals surface area contributed by atoms with Crippen LogP contribution in [-0.2, 0) is 19.0 Å². The van der Waals surface area contributed by atoms with Crippen molar-refractivity contribution in [3.63, 3.8) is 0 Å². The Bertz CT molecular complexity index is 186. The highest BCUT2D eigenvalue weighted by molar-refractivity contribution is 5.73. The number of hydrogen-bond donors (Lipinski definition) is 1. The van der Waals surface area contributed by atoms with Crippen molar-refractivity contribution in [3.05, 3.63) is 0 Å². The molecule has 0 saturated heterocycles. The third-order valence-electron chi connectivity index (χ3n) is 2.17. The van der Waals surface area contributed by atoms with Gasteiger partial charge in [-0.05, 0) is 0 Å². The fourth-order valence-electron chi connectivity index (χ4n) is 1.55. The summed E-state index contributed by atoms with van der Waals surface area (Å²) in [6, 6.07) is 0. The van der Waals surface area contributed by atoms with Crippen LogP contribution in [0.5, 0.6) is 0 Å². The van der Waals surface area contributed by atoms with Crippen molar-refractivity contribution >= 4 is 5.97 Å². The average molecular weight is 206 g/mol. The summed E-state index contributed by atoms with van der Waals surface area (Å²) in [5.41, 5.74) is -0.760. The van der Waals surface area contributed by atoms with E-state index in [1.165, 1.54) is 21.3 Å². The number of hydrogen-bond acceptors (Lipinski definition) is 4. The predicted molar refractivity (Wildman–Crippen MR) is 50.0 cm³/mol. The molecule has 0 aromatic heterocycles. The Hall–Kier alpha value is -0.650. The van der Waals surface area contributed by atoms with Crippen molar-refractivity contribution in [1.82, 2.24) is 0 Å². The molecule has 1 N–H and O–H groups in total. The van der Waals surface area contributed by atoms with E-state index in [0.29, 0.717) is 0 Å². The molecule has 0 aromatic carbocycles. The van der Waals surface area contributed by atoms with Gasteiger partial charge in [0.05, 0.1) is 5.41 Å². The van der Waals surface area contributed by atoms with E-state index in [-0.39, 0.29) is 0 Å². The normalized spacial score (nSPS) is 14.4. The lowest BCUT2D eigenvalue weighted by molar-refractivity contribution is -0.209. The smallest absolute Gasteiger partial charge is 0.333 e. The third kappa shape index (κ3) is 2.67. The van der Waals surface area contributed by atoms with Gasteiger partial charge in [0.15, 0.2) is 12.4 Å². The van der Waals surface area contributed by atoms with Gasteiger partial charge in [-0.1, -0.05) is 13.8 Å². The minimum Gasteiger partial charge on any atom is -0.479 e. The Balaban J connectivity index is 4.78. The molecule has 0 amide bonds. The highest BCUT2D eigenvalue weighted by atomic mass is 16.7. The summed E-state index contributed by atoms with van der Waals surface area (Å²) in [4.78, 5) is 10.9. The van der Waals surface area contributed by atoms with Gasteiger partial charge in [0.2, 0.25) is 0 Å². The summed E-state index contributed by atoms with van der Waals surface area (Å²) in [6.45, 7) is 3.43. The van der Waals surface area contributed by atoms with Crippen LogP contribution in [0.1, 0.15) is 13.8 Å². The van der Waals surface area contributed by atoms with Crippen LogP contribution in [0.4, 0.5) is 0 Å². The van der Waals surface area contributed by atoms with Gasteiger partial charge < -0.3 is 19.3 Å². The topological polar surface area (TPSA) is 65.0 Å². The van der Waals surface area contributed by atoms with Crippen LogP contribution in [0.3, 0.4) is 0 Å². The van der Waals surface area contributed by atoms with E-state index in [9.17, 15) is 4.79 Å². The zero-order valence-corrected chi connectivity index (χ0v) is 9.23. The first-order chi connectivity index (χ1) is 6.41. The number of ether oxygens (including phenoxy) is 3. The Kier molecular flexibility index (Phi) is 5.04. The molecule has 0 rings (SSSR count). The summed E-state index contributed by atoms with van der Waals surface area (Å²) < 4.78 is 15.0. The average Bonchev–Trinajstić information content (AvgIpc) is 2.05. The van der Waals surface area contributed by atoms with Gasteiger partial charge in [0.1, 0.15) is 0 Å². The minimum atomic E-state index is -1.03. The monoisotopic (exact) mass is 206 g/mol. The molecule has 14 heavy (non-hydrogen) atoms. The molecular formula is C9H18O5. The van der Waals surface area contributed by atoms with Crippen molar-refractivity contribution < 1.29 is 24.1 Å². The maximum absolute atomic E-state index is 10.9. The molecule has 0 radical (unpaired) electrons. The second-order valence-electron chi connectivity index (χ2n) is 3.58. The van der Waals surface area contributed by atoms with Gasteiger partial charge in [0, 0.05) is 21.3 Å². The van der Waals surface area contributed by atoms with Gasteiger partial charge in [-0.25, -0.2) is 4.79 Å². The second kappa shape index (κ2) is 5.29. The highest BCUT2D eigenvalue weighted by Gasteiger charge is 2.42. The van der Waals surface area contributed by atoms with Gasteiger partial charge in [0.25, 0.3) is 0 Å². The summed E-state index contributed by atoms with van der Waals surface area (Å²) >= 11 is 0.